The third kappa shape index (κ3) is 12.0. The maximum atomic E-state index is 11.5. The van der Waals surface area contributed by atoms with Crippen LogP contribution in [0.5, 0.6) is 0 Å². The van der Waals surface area contributed by atoms with E-state index in [-0.39, 0.29) is 35.2 Å². The van der Waals surface area contributed by atoms with Gasteiger partial charge in [-0.05, 0) is 76.0 Å². The van der Waals surface area contributed by atoms with E-state index in [9.17, 15) is 9.59 Å². The summed E-state index contributed by atoms with van der Waals surface area (Å²) >= 11 is 0. The molecule has 32 heavy (non-hydrogen) atoms. The van der Waals surface area contributed by atoms with Crippen LogP contribution in [0.4, 0.5) is 9.59 Å². The molecule has 0 aliphatic heterocycles. The van der Waals surface area contributed by atoms with Gasteiger partial charge in [-0.15, -0.1) is 0 Å². The summed E-state index contributed by atoms with van der Waals surface area (Å²) in [6, 6.07) is 0. The highest BCUT2D eigenvalue weighted by Gasteiger charge is 2.27. The van der Waals surface area contributed by atoms with Gasteiger partial charge in [0.1, 0.15) is 24.4 Å². The monoisotopic (exact) mass is 456 g/mol. The van der Waals surface area contributed by atoms with Crippen LogP contribution in [0.3, 0.4) is 0 Å². The van der Waals surface area contributed by atoms with E-state index in [1.807, 2.05) is 55.4 Å². The van der Waals surface area contributed by atoms with Crippen molar-refractivity contribution in [2.24, 2.45) is 10.8 Å². The van der Waals surface area contributed by atoms with Crippen LogP contribution in [0.15, 0.2) is 0 Å². The van der Waals surface area contributed by atoms with Gasteiger partial charge in [-0.25, -0.2) is 9.59 Å². The molecule has 0 bridgehead atoms. The Labute approximate surface area is 196 Å². The summed E-state index contributed by atoms with van der Waals surface area (Å²) in [6.45, 7) is 16.1. The van der Waals surface area contributed by atoms with Gasteiger partial charge in [0.25, 0.3) is 0 Å². The van der Waals surface area contributed by atoms with Crippen molar-refractivity contribution >= 4 is 12.3 Å². The number of ether oxygens (including phenoxy) is 4. The van der Waals surface area contributed by atoms with Gasteiger partial charge in [-0.3, -0.25) is 0 Å². The maximum absolute atomic E-state index is 11.5. The van der Waals surface area contributed by atoms with Gasteiger partial charge >= 0.3 is 12.3 Å². The van der Waals surface area contributed by atoms with Gasteiger partial charge < -0.3 is 18.9 Å². The van der Waals surface area contributed by atoms with Crippen molar-refractivity contribution in [1.29, 1.82) is 0 Å². The molecule has 188 valence electrons. The molecule has 0 saturated heterocycles. The first-order valence-electron chi connectivity index (χ1n) is 12.5. The van der Waals surface area contributed by atoms with E-state index in [0.29, 0.717) is 0 Å². The Balaban J connectivity index is 0.000000320. The number of hydrogen-bond acceptors (Lipinski definition) is 6. The molecule has 0 aromatic rings. The summed E-state index contributed by atoms with van der Waals surface area (Å²) in [5.41, 5.74) is -0.0723. The highest BCUT2D eigenvalue weighted by Crippen LogP contribution is 2.25. The van der Waals surface area contributed by atoms with Crippen LogP contribution in [0.2, 0.25) is 0 Å². The number of rotatable bonds is 4. The molecular formula is C26H48O6. The molecule has 0 aromatic heterocycles. The minimum atomic E-state index is -0.505. The van der Waals surface area contributed by atoms with Crippen LogP contribution < -0.4 is 0 Å². The molecule has 2 fully saturated rings. The average Bonchev–Trinajstić information content (AvgIpc) is 2.68. The van der Waals surface area contributed by atoms with Crippen molar-refractivity contribution in [2.75, 3.05) is 0 Å². The van der Waals surface area contributed by atoms with E-state index in [4.69, 9.17) is 18.9 Å². The molecule has 0 spiro atoms. The first kappa shape index (κ1) is 28.6. The van der Waals surface area contributed by atoms with E-state index in [1.54, 1.807) is 0 Å². The highest BCUT2D eigenvalue weighted by molar-refractivity contribution is 5.60. The average molecular weight is 457 g/mol. The Kier molecular flexibility index (Phi) is 11.9. The van der Waals surface area contributed by atoms with E-state index in [0.717, 1.165) is 51.4 Å². The molecule has 2 aliphatic carbocycles. The van der Waals surface area contributed by atoms with Gasteiger partial charge in [-0.1, -0.05) is 54.4 Å². The Morgan fingerprint density at radius 1 is 0.594 bits per heavy atom. The summed E-state index contributed by atoms with van der Waals surface area (Å²) in [5, 5.41) is 0. The lowest BCUT2D eigenvalue weighted by molar-refractivity contribution is -0.0336. The van der Waals surface area contributed by atoms with Crippen LogP contribution >= 0.6 is 0 Å². The van der Waals surface area contributed by atoms with Gasteiger partial charge in [0.2, 0.25) is 0 Å². The lowest BCUT2D eigenvalue weighted by Crippen LogP contribution is -2.31. The van der Waals surface area contributed by atoms with Crippen LogP contribution in [0.25, 0.3) is 0 Å². The predicted molar refractivity (Wildman–Crippen MR) is 127 cm³/mol. The molecule has 0 heterocycles. The van der Waals surface area contributed by atoms with Crippen LogP contribution in [-0.4, -0.2) is 36.7 Å². The Morgan fingerprint density at radius 2 is 0.875 bits per heavy atom. The summed E-state index contributed by atoms with van der Waals surface area (Å²) in [5.74, 6) is 0. The molecule has 2 atom stereocenters. The van der Waals surface area contributed by atoms with Gasteiger partial charge in [0.15, 0.2) is 0 Å². The van der Waals surface area contributed by atoms with Gasteiger partial charge in [0.05, 0.1) is 0 Å². The number of carbonyl (C=O) groups excluding carboxylic acids is 2. The van der Waals surface area contributed by atoms with Crippen LogP contribution in [0, 0.1) is 10.8 Å². The molecule has 0 unspecified atom stereocenters. The fraction of sp³-hybridized carbons (Fsp3) is 0.923. The standard InChI is InChI=1S/2C13H24O3/c2*1-10(13(2,3)4)15-12(14)16-11-8-6-5-7-9-11/h2*10-11H,5-9H2,1-4H3/t2*10-/m10/s1. The number of hydrogen-bond donors (Lipinski definition) is 0. The lowest BCUT2D eigenvalue weighted by Gasteiger charge is -2.28. The second kappa shape index (κ2) is 13.3. The lowest BCUT2D eigenvalue weighted by atomic mass is 9.90. The molecule has 0 N–H and O–H groups in total. The van der Waals surface area contributed by atoms with Crippen LogP contribution in [0.1, 0.15) is 120 Å². The fourth-order valence-electron chi connectivity index (χ4n) is 3.34. The normalized spacial score (nSPS) is 20.2. The zero-order valence-electron chi connectivity index (χ0n) is 21.8. The second-order valence-corrected chi connectivity index (χ2v) is 11.5. The first-order chi connectivity index (χ1) is 14.8. The third-order valence-electron chi connectivity index (χ3n) is 6.62. The molecule has 0 aromatic carbocycles. The van der Waals surface area contributed by atoms with Crippen molar-refractivity contribution in [1.82, 2.24) is 0 Å². The van der Waals surface area contributed by atoms with Crippen molar-refractivity contribution in [3.8, 4) is 0 Å². The van der Waals surface area contributed by atoms with E-state index in [2.05, 4.69) is 0 Å². The topological polar surface area (TPSA) is 71.1 Å². The second-order valence-electron chi connectivity index (χ2n) is 11.5. The summed E-state index contributed by atoms with van der Waals surface area (Å²) in [6.07, 6.45) is 9.99. The van der Waals surface area contributed by atoms with Crippen molar-refractivity contribution in [2.45, 2.75) is 144 Å². The molecule has 6 nitrogen and oxygen atoms in total. The minimum absolute atomic E-state index is 0.0361. The smallest absolute Gasteiger partial charge is 0.431 e. The largest absolute Gasteiger partial charge is 0.508 e. The zero-order valence-corrected chi connectivity index (χ0v) is 21.8. The predicted octanol–water partition coefficient (Wildman–Crippen LogP) is 7.81. The highest BCUT2D eigenvalue weighted by atomic mass is 16.7. The SMILES string of the molecule is C[C@@H](OC(=O)OC1CCCCC1)C(C)(C)C.C[C@H](OC(=O)OC1CCCCC1)C(C)(C)C. The van der Waals surface area contributed by atoms with E-state index >= 15 is 0 Å². The molecule has 6 heteroatoms. The third-order valence-corrected chi connectivity index (χ3v) is 6.62. The van der Waals surface area contributed by atoms with E-state index in [1.165, 1.54) is 12.8 Å². The summed E-state index contributed by atoms with van der Waals surface area (Å²) in [7, 11) is 0. The molecule has 2 aliphatic rings. The molecular weight excluding hydrogens is 408 g/mol. The Hall–Kier alpha value is -1.46. The maximum Gasteiger partial charge on any atom is 0.508 e. The molecule has 0 radical (unpaired) electrons. The molecule has 2 rings (SSSR count). The Morgan fingerprint density at radius 3 is 1.12 bits per heavy atom. The first-order valence-corrected chi connectivity index (χ1v) is 12.5. The zero-order chi connectivity index (χ0) is 24.4. The summed E-state index contributed by atoms with van der Waals surface area (Å²) < 4.78 is 21.1. The summed E-state index contributed by atoms with van der Waals surface area (Å²) in [4.78, 5) is 23.0. The Bertz CT molecular complexity index is 498. The quantitative estimate of drug-likeness (QED) is 0.402. The van der Waals surface area contributed by atoms with Gasteiger partial charge in [0, 0.05) is 0 Å². The van der Waals surface area contributed by atoms with E-state index < -0.39 is 12.3 Å². The van der Waals surface area contributed by atoms with Crippen molar-refractivity contribution in [3.05, 3.63) is 0 Å². The minimum Gasteiger partial charge on any atom is -0.431 e. The van der Waals surface area contributed by atoms with Crippen LogP contribution in [-0.2, 0) is 18.9 Å². The van der Waals surface area contributed by atoms with Gasteiger partial charge in [-0.2, -0.15) is 0 Å². The molecule has 0 amide bonds. The fourth-order valence-corrected chi connectivity index (χ4v) is 3.34. The van der Waals surface area contributed by atoms with Crippen molar-refractivity contribution < 1.29 is 28.5 Å². The van der Waals surface area contributed by atoms with Crippen molar-refractivity contribution in [3.63, 3.8) is 0 Å². The number of carbonyl (C=O) groups is 2. The molecule has 2 saturated carbocycles.